The number of carbonyl (C=O) groups is 1. The molecule has 0 unspecified atom stereocenters. The average molecular weight is 349 g/mol. The molecule has 128 valence electrons. The molecule has 0 saturated carbocycles. The average Bonchev–Trinajstić information content (AvgIpc) is 2.38. The molecule has 0 atom stereocenters. The molecule has 0 spiro atoms. The van der Waals surface area contributed by atoms with Crippen molar-refractivity contribution >= 4 is 23.4 Å². The van der Waals surface area contributed by atoms with Crippen molar-refractivity contribution in [2.75, 3.05) is 5.32 Å². The van der Waals surface area contributed by atoms with Crippen LogP contribution in [0.25, 0.3) is 5.69 Å². The van der Waals surface area contributed by atoms with Crippen molar-refractivity contribution in [2.45, 2.75) is 40.2 Å². The Bertz CT molecular complexity index is 812. The first kappa shape index (κ1) is 18.1. The molecule has 24 heavy (non-hydrogen) atoms. The Balaban J connectivity index is 2.40. The molecular formula is C18H21ClN2O3. The molecule has 1 aromatic heterocycles. The molecule has 1 heterocycles. The van der Waals surface area contributed by atoms with Crippen LogP contribution in [0.1, 0.15) is 31.9 Å². The molecule has 1 N–H and O–H groups in total. The van der Waals surface area contributed by atoms with Crippen LogP contribution < -0.4 is 10.9 Å². The maximum Gasteiger partial charge on any atom is 0.412 e. The van der Waals surface area contributed by atoms with E-state index in [1.54, 1.807) is 45.2 Å². The first-order chi connectivity index (χ1) is 11.1. The quantitative estimate of drug-likeness (QED) is 0.871. The number of anilines is 1. The third-order valence-corrected chi connectivity index (χ3v) is 3.47. The summed E-state index contributed by atoms with van der Waals surface area (Å²) in [6, 6.07) is 6.54. The number of pyridine rings is 1. The van der Waals surface area contributed by atoms with Crippen LogP contribution >= 0.6 is 11.6 Å². The van der Waals surface area contributed by atoms with Gasteiger partial charge in [-0.25, -0.2) is 4.79 Å². The highest BCUT2D eigenvalue weighted by molar-refractivity contribution is 6.30. The summed E-state index contributed by atoms with van der Waals surface area (Å²) in [4.78, 5) is 24.2. The van der Waals surface area contributed by atoms with Gasteiger partial charge in [0.1, 0.15) is 5.60 Å². The van der Waals surface area contributed by atoms with E-state index in [2.05, 4.69) is 5.32 Å². The number of aryl methyl sites for hydroxylation is 2. The van der Waals surface area contributed by atoms with Gasteiger partial charge in [-0.15, -0.1) is 0 Å². The zero-order valence-electron chi connectivity index (χ0n) is 14.4. The first-order valence-electron chi connectivity index (χ1n) is 7.56. The van der Waals surface area contributed by atoms with E-state index in [4.69, 9.17) is 16.3 Å². The molecule has 1 amide bonds. The van der Waals surface area contributed by atoms with E-state index >= 15 is 0 Å². The van der Waals surface area contributed by atoms with E-state index < -0.39 is 11.7 Å². The predicted octanol–water partition coefficient (Wildman–Crippen LogP) is 4.45. The van der Waals surface area contributed by atoms with Crippen LogP contribution in [0, 0.1) is 13.8 Å². The number of halogens is 1. The van der Waals surface area contributed by atoms with Crippen LogP contribution in [0.2, 0.25) is 5.02 Å². The maximum absolute atomic E-state index is 12.3. The molecule has 0 bridgehead atoms. The smallest absolute Gasteiger partial charge is 0.412 e. The summed E-state index contributed by atoms with van der Waals surface area (Å²) in [5.41, 5.74) is 2.17. The summed E-state index contributed by atoms with van der Waals surface area (Å²) in [6.45, 7) is 9.12. The van der Waals surface area contributed by atoms with Gasteiger partial charge in [-0.2, -0.15) is 0 Å². The number of aromatic nitrogens is 1. The number of hydrogen-bond acceptors (Lipinski definition) is 3. The van der Waals surface area contributed by atoms with Crippen LogP contribution in [0.3, 0.4) is 0 Å². The van der Waals surface area contributed by atoms with Crippen molar-refractivity contribution in [3.63, 3.8) is 0 Å². The molecule has 0 radical (unpaired) electrons. The number of ether oxygens (including phenoxy) is 1. The van der Waals surface area contributed by atoms with E-state index in [0.29, 0.717) is 10.7 Å². The zero-order valence-corrected chi connectivity index (χ0v) is 15.2. The predicted molar refractivity (Wildman–Crippen MR) is 96.4 cm³/mol. The highest BCUT2D eigenvalue weighted by Crippen LogP contribution is 2.23. The molecule has 2 rings (SSSR count). The molecule has 0 fully saturated rings. The lowest BCUT2D eigenvalue weighted by molar-refractivity contribution is 0.0636. The third-order valence-electron chi connectivity index (χ3n) is 3.25. The van der Waals surface area contributed by atoms with Gasteiger partial charge in [0.25, 0.3) is 5.56 Å². The second kappa shape index (κ2) is 6.69. The molecule has 0 aliphatic carbocycles. The number of hydrogen-bond donors (Lipinski definition) is 1. The van der Waals surface area contributed by atoms with Crippen LogP contribution in [0.4, 0.5) is 10.5 Å². The summed E-state index contributed by atoms with van der Waals surface area (Å²) >= 11 is 6.05. The van der Waals surface area contributed by atoms with Crippen LogP contribution in [-0.2, 0) is 4.74 Å². The minimum absolute atomic E-state index is 0.196. The summed E-state index contributed by atoms with van der Waals surface area (Å²) in [6.07, 6.45) is 1.01. The fourth-order valence-electron chi connectivity index (χ4n) is 2.44. The van der Waals surface area contributed by atoms with E-state index in [1.165, 1.54) is 10.6 Å². The topological polar surface area (TPSA) is 60.3 Å². The van der Waals surface area contributed by atoms with Crippen molar-refractivity contribution < 1.29 is 9.53 Å². The molecule has 6 heteroatoms. The Morgan fingerprint density at radius 3 is 2.29 bits per heavy atom. The standard InChI is InChI=1S/C18H21ClN2O3/c1-11-8-13(19)9-12(2)16(11)21-10-14(6-7-15(21)22)20-17(23)24-18(3,4)5/h6-10H,1-5H3,(H,20,23). The Morgan fingerprint density at radius 2 is 1.75 bits per heavy atom. The molecule has 2 aromatic rings. The van der Waals surface area contributed by atoms with E-state index in [1.807, 2.05) is 13.8 Å². The molecule has 1 aromatic carbocycles. The van der Waals surface area contributed by atoms with Crippen molar-refractivity contribution in [1.82, 2.24) is 4.57 Å². The normalized spacial score (nSPS) is 11.2. The Morgan fingerprint density at radius 1 is 1.17 bits per heavy atom. The van der Waals surface area contributed by atoms with Gasteiger partial charge >= 0.3 is 6.09 Å². The SMILES string of the molecule is Cc1cc(Cl)cc(C)c1-n1cc(NC(=O)OC(C)(C)C)ccc1=O. The minimum atomic E-state index is -0.595. The van der Waals surface area contributed by atoms with E-state index in [0.717, 1.165) is 16.8 Å². The number of carbonyl (C=O) groups excluding carboxylic acids is 1. The number of amides is 1. The van der Waals surface area contributed by atoms with Crippen LogP contribution in [0.15, 0.2) is 35.3 Å². The van der Waals surface area contributed by atoms with Crippen molar-refractivity contribution in [2.24, 2.45) is 0 Å². The highest BCUT2D eigenvalue weighted by atomic mass is 35.5. The van der Waals surface area contributed by atoms with Gasteiger partial charge in [0.15, 0.2) is 0 Å². The Hall–Kier alpha value is -2.27. The Labute approximate surface area is 146 Å². The van der Waals surface area contributed by atoms with Gasteiger partial charge in [-0.1, -0.05) is 11.6 Å². The summed E-state index contributed by atoms with van der Waals surface area (Å²) in [5.74, 6) is 0. The van der Waals surface area contributed by atoms with Gasteiger partial charge in [0.2, 0.25) is 0 Å². The fraction of sp³-hybridized carbons (Fsp3) is 0.333. The van der Waals surface area contributed by atoms with Gasteiger partial charge in [-0.3, -0.25) is 14.7 Å². The monoisotopic (exact) mass is 348 g/mol. The van der Waals surface area contributed by atoms with Crippen molar-refractivity contribution in [3.05, 3.63) is 57.0 Å². The second-order valence-corrected chi connectivity index (χ2v) is 7.08. The molecule has 0 saturated heterocycles. The minimum Gasteiger partial charge on any atom is -0.444 e. The molecule has 5 nitrogen and oxygen atoms in total. The number of benzene rings is 1. The molecule has 0 aliphatic rings. The first-order valence-corrected chi connectivity index (χ1v) is 7.94. The largest absolute Gasteiger partial charge is 0.444 e. The van der Waals surface area contributed by atoms with E-state index in [-0.39, 0.29) is 5.56 Å². The lowest BCUT2D eigenvalue weighted by Gasteiger charge is -2.20. The molecular weight excluding hydrogens is 328 g/mol. The number of nitrogens with zero attached hydrogens (tertiary/aromatic N) is 1. The number of rotatable bonds is 2. The lowest BCUT2D eigenvalue weighted by atomic mass is 10.1. The Kier molecular flexibility index (Phi) is 5.04. The fourth-order valence-corrected chi connectivity index (χ4v) is 2.77. The second-order valence-electron chi connectivity index (χ2n) is 6.64. The summed E-state index contributed by atoms with van der Waals surface area (Å²) < 4.78 is 6.72. The van der Waals surface area contributed by atoms with Gasteiger partial charge in [0, 0.05) is 17.3 Å². The summed E-state index contributed by atoms with van der Waals surface area (Å²) in [5, 5.41) is 3.25. The zero-order chi connectivity index (χ0) is 18.1. The third kappa shape index (κ3) is 4.38. The summed E-state index contributed by atoms with van der Waals surface area (Å²) in [7, 11) is 0. The maximum atomic E-state index is 12.3. The van der Waals surface area contributed by atoms with Gasteiger partial charge in [-0.05, 0) is 63.9 Å². The van der Waals surface area contributed by atoms with Crippen LogP contribution in [-0.4, -0.2) is 16.3 Å². The highest BCUT2D eigenvalue weighted by Gasteiger charge is 2.17. The van der Waals surface area contributed by atoms with Gasteiger partial charge < -0.3 is 4.74 Å². The molecule has 0 aliphatic heterocycles. The van der Waals surface area contributed by atoms with Crippen molar-refractivity contribution in [3.8, 4) is 5.69 Å². The van der Waals surface area contributed by atoms with Crippen LogP contribution in [0.5, 0.6) is 0 Å². The lowest BCUT2D eigenvalue weighted by Crippen LogP contribution is -2.28. The van der Waals surface area contributed by atoms with Crippen molar-refractivity contribution in [1.29, 1.82) is 0 Å². The van der Waals surface area contributed by atoms with Gasteiger partial charge in [0.05, 0.1) is 11.4 Å². The number of nitrogens with one attached hydrogen (secondary N) is 1. The van der Waals surface area contributed by atoms with E-state index in [9.17, 15) is 9.59 Å².